The molecule has 1 aromatic rings. The van der Waals surface area contributed by atoms with Crippen molar-refractivity contribution in [2.75, 3.05) is 45.9 Å². The summed E-state index contributed by atoms with van der Waals surface area (Å²) in [6.07, 6.45) is 24.4. The van der Waals surface area contributed by atoms with Crippen LogP contribution in [0.2, 0.25) is 0 Å². The van der Waals surface area contributed by atoms with Gasteiger partial charge in [0.05, 0.1) is 32.4 Å². The summed E-state index contributed by atoms with van der Waals surface area (Å²) in [6.45, 7) is 12.0. The number of nitrogens with zero attached hydrogens (tertiary/aromatic N) is 3. The van der Waals surface area contributed by atoms with Gasteiger partial charge >= 0.3 is 24.1 Å². The molecule has 0 bridgehead atoms. The van der Waals surface area contributed by atoms with Gasteiger partial charge in [-0.25, -0.2) is 14.6 Å². The van der Waals surface area contributed by atoms with Gasteiger partial charge < -0.3 is 39.0 Å². The van der Waals surface area contributed by atoms with E-state index in [-0.39, 0.29) is 50.2 Å². The zero-order chi connectivity index (χ0) is 40.2. The topological polar surface area (TPSA) is 150 Å². The summed E-state index contributed by atoms with van der Waals surface area (Å²) >= 11 is 0. The molecule has 0 aliphatic rings. The first-order valence-corrected chi connectivity index (χ1v) is 21.7. The highest BCUT2D eigenvalue weighted by molar-refractivity contribution is 5.70. The number of aryl methyl sites for hydroxylation is 1. The van der Waals surface area contributed by atoms with Crippen LogP contribution in [0.1, 0.15) is 163 Å². The Morgan fingerprint density at radius 2 is 1.09 bits per heavy atom. The Balaban J connectivity index is 2.29. The van der Waals surface area contributed by atoms with Gasteiger partial charge in [-0.15, -0.1) is 0 Å². The first-order valence-electron chi connectivity index (χ1n) is 21.7. The van der Waals surface area contributed by atoms with Crippen molar-refractivity contribution >= 4 is 24.1 Å². The van der Waals surface area contributed by atoms with Gasteiger partial charge in [-0.3, -0.25) is 9.59 Å². The van der Waals surface area contributed by atoms with Gasteiger partial charge in [0.1, 0.15) is 12.2 Å². The minimum atomic E-state index is -0.426. The van der Waals surface area contributed by atoms with Crippen LogP contribution in [0.15, 0.2) is 18.7 Å². The van der Waals surface area contributed by atoms with E-state index in [1.807, 2.05) is 24.6 Å². The molecule has 0 aromatic carbocycles. The van der Waals surface area contributed by atoms with Crippen LogP contribution in [0.5, 0.6) is 0 Å². The number of amides is 2. The molecule has 0 aliphatic heterocycles. The fraction of sp³-hybridized carbons (Fsp3) is 0.833. The Morgan fingerprint density at radius 1 is 0.618 bits per heavy atom. The summed E-state index contributed by atoms with van der Waals surface area (Å²) in [6, 6.07) is 0. The molecule has 13 nitrogen and oxygen atoms in total. The number of imidazole rings is 1. The molecule has 0 aliphatic carbocycles. The van der Waals surface area contributed by atoms with Gasteiger partial charge in [-0.1, -0.05) is 91.9 Å². The molecule has 0 radical (unpaired) electrons. The quantitative estimate of drug-likeness (QED) is 0.0385. The zero-order valence-electron chi connectivity index (χ0n) is 35.0. The van der Waals surface area contributed by atoms with Crippen LogP contribution in [0.4, 0.5) is 9.59 Å². The van der Waals surface area contributed by atoms with Crippen LogP contribution >= 0.6 is 0 Å². The first kappa shape index (κ1) is 49.7. The highest BCUT2D eigenvalue weighted by Crippen LogP contribution is 2.14. The molecule has 13 heteroatoms. The number of esters is 2. The predicted molar refractivity (Wildman–Crippen MR) is 217 cm³/mol. The van der Waals surface area contributed by atoms with Gasteiger partial charge in [0.25, 0.3) is 0 Å². The minimum absolute atomic E-state index is 0.0773. The standard InChI is InChI=1S/C42H77N5O8/c1-5-9-11-13-15-17-22-37(7-3)54-41(50)44-26-19-34-52-39(48)24-31-46(29-21-30-47-33-28-43-36-47)32-25-40(49)53-35-20-27-45-42(51)55-38(8-4)23-18-16-14-12-10-6-2/h28,33,36-38H,5-27,29-32,34-35H2,1-4H3,(H,44,50)(H,45,51). The Morgan fingerprint density at radius 3 is 1.53 bits per heavy atom. The largest absolute Gasteiger partial charge is 0.466 e. The van der Waals surface area contributed by atoms with Crippen molar-refractivity contribution in [1.82, 2.24) is 25.1 Å². The van der Waals surface area contributed by atoms with Crippen molar-refractivity contribution in [2.24, 2.45) is 0 Å². The Labute approximate surface area is 332 Å². The molecule has 2 atom stereocenters. The van der Waals surface area contributed by atoms with E-state index in [1.165, 1.54) is 64.2 Å². The summed E-state index contributed by atoms with van der Waals surface area (Å²) in [5, 5.41) is 5.53. The number of aromatic nitrogens is 2. The number of alkyl carbamates (subject to hydrolysis) is 2. The molecule has 0 saturated heterocycles. The van der Waals surface area contributed by atoms with Gasteiger partial charge in [-0.2, -0.15) is 0 Å². The maximum atomic E-state index is 12.5. The van der Waals surface area contributed by atoms with E-state index in [0.717, 1.165) is 51.5 Å². The van der Waals surface area contributed by atoms with E-state index in [0.29, 0.717) is 45.6 Å². The average Bonchev–Trinajstić information content (AvgIpc) is 3.70. The van der Waals surface area contributed by atoms with Crippen LogP contribution in [0.3, 0.4) is 0 Å². The predicted octanol–water partition coefficient (Wildman–Crippen LogP) is 8.73. The van der Waals surface area contributed by atoms with Gasteiger partial charge in [-0.05, 0) is 64.3 Å². The number of rotatable bonds is 36. The second-order valence-corrected chi connectivity index (χ2v) is 14.5. The summed E-state index contributed by atoms with van der Waals surface area (Å²) in [5.41, 5.74) is 0. The van der Waals surface area contributed by atoms with Crippen molar-refractivity contribution < 1.29 is 38.1 Å². The molecule has 1 rings (SSSR count). The molecule has 55 heavy (non-hydrogen) atoms. The van der Waals surface area contributed by atoms with Crippen molar-refractivity contribution in [2.45, 2.75) is 181 Å². The molecule has 0 fully saturated rings. The molecule has 2 amide bonds. The van der Waals surface area contributed by atoms with E-state index in [4.69, 9.17) is 18.9 Å². The van der Waals surface area contributed by atoms with Crippen LogP contribution in [-0.2, 0) is 35.1 Å². The maximum Gasteiger partial charge on any atom is 0.407 e. The second-order valence-electron chi connectivity index (χ2n) is 14.5. The van der Waals surface area contributed by atoms with Crippen LogP contribution in [0.25, 0.3) is 0 Å². The third-order valence-corrected chi connectivity index (χ3v) is 9.64. The molecule has 0 spiro atoms. The smallest absolute Gasteiger partial charge is 0.407 e. The highest BCUT2D eigenvalue weighted by Gasteiger charge is 2.15. The van der Waals surface area contributed by atoms with Gasteiger partial charge in [0.2, 0.25) is 0 Å². The maximum absolute atomic E-state index is 12.5. The molecular formula is C42H77N5O8. The number of ether oxygens (including phenoxy) is 4. The van der Waals surface area contributed by atoms with E-state index < -0.39 is 12.2 Å². The van der Waals surface area contributed by atoms with Crippen LogP contribution in [-0.4, -0.2) is 96.7 Å². The van der Waals surface area contributed by atoms with Crippen LogP contribution < -0.4 is 10.6 Å². The molecular weight excluding hydrogens is 702 g/mol. The Bertz CT molecular complexity index is 1030. The van der Waals surface area contributed by atoms with Crippen molar-refractivity contribution in [3.63, 3.8) is 0 Å². The molecule has 1 aromatic heterocycles. The summed E-state index contributed by atoms with van der Waals surface area (Å²) in [5.74, 6) is -0.651. The average molecular weight is 780 g/mol. The lowest BCUT2D eigenvalue weighted by Gasteiger charge is -2.21. The lowest BCUT2D eigenvalue weighted by Crippen LogP contribution is -2.32. The first-order chi connectivity index (χ1) is 26.8. The van der Waals surface area contributed by atoms with E-state index in [1.54, 1.807) is 12.5 Å². The summed E-state index contributed by atoms with van der Waals surface area (Å²) in [7, 11) is 0. The van der Waals surface area contributed by atoms with E-state index >= 15 is 0 Å². The lowest BCUT2D eigenvalue weighted by molar-refractivity contribution is -0.144. The van der Waals surface area contributed by atoms with Crippen LogP contribution in [0, 0.1) is 0 Å². The van der Waals surface area contributed by atoms with Crippen molar-refractivity contribution in [3.05, 3.63) is 18.7 Å². The number of nitrogens with one attached hydrogen (secondary N) is 2. The molecule has 2 unspecified atom stereocenters. The fourth-order valence-corrected chi connectivity index (χ4v) is 6.16. The Kier molecular flexibility index (Phi) is 31.7. The number of hydrogen-bond donors (Lipinski definition) is 2. The molecule has 318 valence electrons. The fourth-order valence-electron chi connectivity index (χ4n) is 6.16. The summed E-state index contributed by atoms with van der Waals surface area (Å²) in [4.78, 5) is 55.7. The number of hydrogen-bond acceptors (Lipinski definition) is 10. The molecule has 2 N–H and O–H groups in total. The zero-order valence-corrected chi connectivity index (χ0v) is 35.0. The number of carbonyl (C=O) groups is 4. The van der Waals surface area contributed by atoms with Gasteiger partial charge in [0.15, 0.2) is 0 Å². The SMILES string of the molecule is CCCCCCCCC(CC)OC(=O)NCCCOC(=O)CCN(CCCn1ccnc1)CCC(=O)OCCCNC(=O)OC(CC)CCCCCCCC. The summed E-state index contributed by atoms with van der Waals surface area (Å²) < 4.78 is 24.0. The third kappa shape index (κ3) is 29.6. The van der Waals surface area contributed by atoms with Crippen molar-refractivity contribution in [1.29, 1.82) is 0 Å². The monoisotopic (exact) mass is 780 g/mol. The molecule has 1 heterocycles. The number of unbranched alkanes of at least 4 members (excludes halogenated alkanes) is 10. The van der Waals surface area contributed by atoms with Gasteiger partial charge in [0, 0.05) is 45.1 Å². The van der Waals surface area contributed by atoms with E-state index in [9.17, 15) is 19.2 Å². The Hall–Kier alpha value is -3.35. The highest BCUT2D eigenvalue weighted by atomic mass is 16.6. The number of carbonyl (C=O) groups excluding carboxylic acids is 4. The second kappa shape index (κ2) is 35.1. The third-order valence-electron chi connectivity index (χ3n) is 9.64. The normalized spacial score (nSPS) is 12.2. The van der Waals surface area contributed by atoms with Crippen molar-refractivity contribution in [3.8, 4) is 0 Å². The minimum Gasteiger partial charge on any atom is -0.466 e. The molecule has 0 saturated carbocycles. The van der Waals surface area contributed by atoms with E-state index in [2.05, 4.69) is 34.4 Å². The lowest BCUT2D eigenvalue weighted by atomic mass is 10.1.